The highest BCUT2D eigenvalue weighted by Crippen LogP contribution is 2.25. The Morgan fingerprint density at radius 3 is 2.44 bits per heavy atom. The number of carbonyl (C=O) groups is 1. The number of aromatic nitrogens is 1. The lowest BCUT2D eigenvalue weighted by molar-refractivity contribution is 0.0633. The minimum atomic E-state index is 0.108. The SMILES string of the molecule is CCN1CCN(C(=O)c2cc3cc(N)ccc3n2Cc2ccccc2)CC1. The molecule has 1 aliphatic heterocycles. The van der Waals surface area contributed by atoms with E-state index in [1.165, 1.54) is 5.56 Å². The molecule has 1 saturated heterocycles. The Bertz CT molecular complexity index is 940. The molecule has 4 rings (SSSR count). The number of rotatable bonds is 4. The quantitative estimate of drug-likeness (QED) is 0.726. The molecule has 0 bridgehead atoms. The zero-order valence-corrected chi connectivity index (χ0v) is 15.8. The van der Waals surface area contributed by atoms with Crippen molar-refractivity contribution in [1.82, 2.24) is 14.4 Å². The van der Waals surface area contributed by atoms with Gasteiger partial charge < -0.3 is 20.1 Å². The summed E-state index contributed by atoms with van der Waals surface area (Å²) >= 11 is 0. The van der Waals surface area contributed by atoms with Gasteiger partial charge in [0, 0.05) is 49.3 Å². The molecule has 0 spiro atoms. The number of fused-ring (bicyclic) bond motifs is 1. The molecule has 2 heterocycles. The first-order valence-electron chi connectivity index (χ1n) is 9.60. The largest absolute Gasteiger partial charge is 0.399 e. The van der Waals surface area contributed by atoms with E-state index in [-0.39, 0.29) is 5.91 Å². The van der Waals surface area contributed by atoms with Gasteiger partial charge in [0.05, 0.1) is 0 Å². The van der Waals surface area contributed by atoms with E-state index in [0.717, 1.165) is 55.0 Å². The number of hydrogen-bond donors (Lipinski definition) is 1. The first kappa shape index (κ1) is 17.6. The number of piperazine rings is 1. The predicted molar refractivity (Wildman–Crippen MR) is 110 cm³/mol. The molecule has 0 atom stereocenters. The van der Waals surface area contributed by atoms with Gasteiger partial charge in [0.1, 0.15) is 5.69 Å². The number of likely N-dealkylation sites (N-methyl/N-ethyl adjacent to an activating group) is 1. The second kappa shape index (κ2) is 7.45. The van der Waals surface area contributed by atoms with Crippen LogP contribution in [0.15, 0.2) is 54.6 Å². The van der Waals surface area contributed by atoms with Gasteiger partial charge in [0.15, 0.2) is 0 Å². The van der Waals surface area contributed by atoms with Crippen molar-refractivity contribution >= 4 is 22.5 Å². The van der Waals surface area contributed by atoms with Gasteiger partial charge in [-0.1, -0.05) is 37.3 Å². The van der Waals surface area contributed by atoms with Crippen LogP contribution in [0.5, 0.6) is 0 Å². The number of anilines is 1. The Labute approximate surface area is 160 Å². The summed E-state index contributed by atoms with van der Waals surface area (Å²) in [6.45, 7) is 7.31. The first-order chi connectivity index (χ1) is 13.2. The Morgan fingerprint density at radius 1 is 1.00 bits per heavy atom. The van der Waals surface area contributed by atoms with Crippen LogP contribution in [-0.4, -0.2) is 53.0 Å². The van der Waals surface area contributed by atoms with Crippen molar-refractivity contribution in [3.8, 4) is 0 Å². The average Bonchev–Trinajstić information content (AvgIpc) is 3.05. The highest BCUT2D eigenvalue weighted by atomic mass is 16.2. The maximum absolute atomic E-state index is 13.3. The van der Waals surface area contributed by atoms with Crippen molar-refractivity contribution in [2.75, 3.05) is 38.5 Å². The molecule has 0 radical (unpaired) electrons. The number of nitrogens with zero attached hydrogens (tertiary/aromatic N) is 3. The van der Waals surface area contributed by atoms with Crippen molar-refractivity contribution in [3.05, 3.63) is 65.9 Å². The van der Waals surface area contributed by atoms with Crippen molar-refractivity contribution in [2.45, 2.75) is 13.5 Å². The lowest BCUT2D eigenvalue weighted by atomic mass is 10.2. The summed E-state index contributed by atoms with van der Waals surface area (Å²) in [6, 6.07) is 18.1. The van der Waals surface area contributed by atoms with E-state index in [4.69, 9.17) is 5.73 Å². The van der Waals surface area contributed by atoms with Gasteiger partial charge in [-0.3, -0.25) is 4.79 Å². The van der Waals surface area contributed by atoms with E-state index in [2.05, 4.69) is 28.5 Å². The standard InChI is InChI=1S/C22H26N4O/c1-2-24-10-12-25(13-11-24)22(27)21-15-18-14-19(23)8-9-20(18)26(21)16-17-6-4-3-5-7-17/h3-9,14-15H,2,10-13,16,23H2,1H3. The van der Waals surface area contributed by atoms with Gasteiger partial charge in [-0.05, 0) is 36.4 Å². The molecule has 1 fully saturated rings. The van der Waals surface area contributed by atoms with Crippen molar-refractivity contribution < 1.29 is 4.79 Å². The molecule has 5 nitrogen and oxygen atoms in total. The number of carbonyl (C=O) groups excluding carboxylic acids is 1. The fourth-order valence-corrected chi connectivity index (χ4v) is 3.83. The highest BCUT2D eigenvalue weighted by molar-refractivity contribution is 5.99. The number of benzene rings is 2. The summed E-state index contributed by atoms with van der Waals surface area (Å²) in [6.07, 6.45) is 0. The van der Waals surface area contributed by atoms with Crippen LogP contribution >= 0.6 is 0 Å². The zero-order valence-electron chi connectivity index (χ0n) is 15.8. The third-order valence-electron chi connectivity index (χ3n) is 5.43. The van der Waals surface area contributed by atoms with E-state index in [1.54, 1.807) is 0 Å². The second-order valence-electron chi connectivity index (χ2n) is 7.15. The van der Waals surface area contributed by atoms with Gasteiger partial charge in [0.2, 0.25) is 0 Å². The fraction of sp³-hybridized carbons (Fsp3) is 0.318. The number of hydrogen-bond acceptors (Lipinski definition) is 3. The Hall–Kier alpha value is -2.79. The fourth-order valence-electron chi connectivity index (χ4n) is 3.83. The summed E-state index contributed by atoms with van der Waals surface area (Å²) in [5.41, 5.74) is 9.66. The molecule has 1 amide bonds. The molecule has 3 aromatic rings. The molecular weight excluding hydrogens is 336 g/mol. The summed E-state index contributed by atoms with van der Waals surface area (Å²) < 4.78 is 2.12. The van der Waals surface area contributed by atoms with Crippen LogP contribution in [0.4, 0.5) is 5.69 Å². The van der Waals surface area contributed by atoms with Crippen LogP contribution in [0.25, 0.3) is 10.9 Å². The van der Waals surface area contributed by atoms with Crippen LogP contribution in [0, 0.1) is 0 Å². The van der Waals surface area contributed by atoms with Crippen molar-refractivity contribution in [2.24, 2.45) is 0 Å². The van der Waals surface area contributed by atoms with Crippen LogP contribution in [0.1, 0.15) is 23.0 Å². The molecule has 1 aliphatic rings. The van der Waals surface area contributed by atoms with Crippen LogP contribution < -0.4 is 5.73 Å². The molecule has 0 unspecified atom stereocenters. The minimum absolute atomic E-state index is 0.108. The lowest BCUT2D eigenvalue weighted by Gasteiger charge is -2.34. The van der Waals surface area contributed by atoms with Gasteiger partial charge in [-0.2, -0.15) is 0 Å². The molecule has 5 heteroatoms. The van der Waals surface area contributed by atoms with Gasteiger partial charge >= 0.3 is 0 Å². The lowest BCUT2D eigenvalue weighted by Crippen LogP contribution is -2.48. The Kier molecular flexibility index (Phi) is 4.86. The normalized spacial score (nSPS) is 15.4. The van der Waals surface area contributed by atoms with Crippen LogP contribution in [0.3, 0.4) is 0 Å². The van der Waals surface area contributed by atoms with E-state index in [1.807, 2.05) is 47.4 Å². The predicted octanol–water partition coefficient (Wildman–Crippen LogP) is 3.05. The zero-order chi connectivity index (χ0) is 18.8. The Balaban J connectivity index is 1.70. The number of amides is 1. The summed E-state index contributed by atoms with van der Waals surface area (Å²) in [5, 5.41) is 1.02. The molecule has 1 aromatic heterocycles. The van der Waals surface area contributed by atoms with E-state index in [9.17, 15) is 4.79 Å². The molecule has 2 aromatic carbocycles. The first-order valence-corrected chi connectivity index (χ1v) is 9.60. The van der Waals surface area contributed by atoms with E-state index in [0.29, 0.717) is 6.54 Å². The molecular formula is C22H26N4O. The van der Waals surface area contributed by atoms with Gasteiger partial charge in [-0.15, -0.1) is 0 Å². The second-order valence-corrected chi connectivity index (χ2v) is 7.15. The Morgan fingerprint density at radius 2 is 1.74 bits per heavy atom. The van der Waals surface area contributed by atoms with Crippen molar-refractivity contribution in [3.63, 3.8) is 0 Å². The van der Waals surface area contributed by atoms with E-state index < -0.39 is 0 Å². The van der Waals surface area contributed by atoms with Crippen molar-refractivity contribution in [1.29, 1.82) is 0 Å². The van der Waals surface area contributed by atoms with Gasteiger partial charge in [0.25, 0.3) is 5.91 Å². The third kappa shape index (κ3) is 3.55. The highest BCUT2D eigenvalue weighted by Gasteiger charge is 2.25. The topological polar surface area (TPSA) is 54.5 Å². The molecule has 0 aliphatic carbocycles. The molecule has 0 saturated carbocycles. The molecule has 27 heavy (non-hydrogen) atoms. The maximum Gasteiger partial charge on any atom is 0.270 e. The van der Waals surface area contributed by atoms with Crippen LogP contribution in [0.2, 0.25) is 0 Å². The number of nitrogens with two attached hydrogens (primary N) is 1. The molecule has 2 N–H and O–H groups in total. The maximum atomic E-state index is 13.3. The monoisotopic (exact) mass is 362 g/mol. The van der Waals surface area contributed by atoms with E-state index >= 15 is 0 Å². The average molecular weight is 362 g/mol. The minimum Gasteiger partial charge on any atom is -0.399 e. The smallest absolute Gasteiger partial charge is 0.270 e. The summed E-state index contributed by atoms with van der Waals surface area (Å²) in [4.78, 5) is 17.7. The number of nitrogen functional groups attached to an aromatic ring is 1. The van der Waals surface area contributed by atoms with Crippen LogP contribution in [-0.2, 0) is 6.54 Å². The summed E-state index contributed by atoms with van der Waals surface area (Å²) in [7, 11) is 0. The summed E-state index contributed by atoms with van der Waals surface area (Å²) in [5.74, 6) is 0.108. The molecule has 140 valence electrons. The van der Waals surface area contributed by atoms with Gasteiger partial charge in [-0.25, -0.2) is 0 Å². The third-order valence-corrected chi connectivity index (χ3v) is 5.43.